The minimum absolute atomic E-state index is 0.221. The smallest absolute Gasteiger partial charge is 0.119 e. The highest BCUT2D eigenvalue weighted by molar-refractivity contribution is 9.09. The van der Waals surface area contributed by atoms with Gasteiger partial charge in [0.25, 0.3) is 0 Å². The lowest BCUT2D eigenvalue weighted by Gasteiger charge is -2.12. The third kappa shape index (κ3) is 3.77. The molecule has 100 valence electrons. The second kappa shape index (κ2) is 7.01. The van der Waals surface area contributed by atoms with E-state index in [1.165, 1.54) is 16.0 Å². The van der Waals surface area contributed by atoms with E-state index in [1.54, 1.807) is 11.8 Å². The van der Waals surface area contributed by atoms with Gasteiger partial charge in [-0.25, -0.2) is 0 Å². The molecule has 3 heteroatoms. The van der Waals surface area contributed by atoms with Gasteiger partial charge in [0.1, 0.15) is 5.75 Å². The zero-order valence-corrected chi connectivity index (χ0v) is 13.5. The van der Waals surface area contributed by atoms with Gasteiger partial charge in [-0.05, 0) is 48.6 Å². The minimum Gasteiger partial charge on any atom is -0.494 e. The van der Waals surface area contributed by atoms with Gasteiger partial charge in [-0.2, -0.15) is 0 Å². The van der Waals surface area contributed by atoms with Gasteiger partial charge >= 0.3 is 0 Å². The summed E-state index contributed by atoms with van der Waals surface area (Å²) in [6.07, 6.45) is 2.09. The number of ether oxygens (including phenoxy) is 1. The minimum atomic E-state index is 0.221. The lowest BCUT2D eigenvalue weighted by atomic mass is 10.0. The number of benzene rings is 2. The molecule has 0 radical (unpaired) electrons. The molecule has 0 saturated carbocycles. The van der Waals surface area contributed by atoms with Crippen LogP contribution in [0.3, 0.4) is 0 Å². The summed E-state index contributed by atoms with van der Waals surface area (Å²) >= 11 is 5.52. The highest BCUT2D eigenvalue weighted by Crippen LogP contribution is 2.32. The topological polar surface area (TPSA) is 9.23 Å². The third-order valence-electron chi connectivity index (χ3n) is 2.89. The van der Waals surface area contributed by atoms with Gasteiger partial charge in [-0.15, -0.1) is 11.8 Å². The second-order valence-corrected chi connectivity index (χ2v) is 5.93. The molecule has 2 aromatic rings. The van der Waals surface area contributed by atoms with Crippen molar-refractivity contribution in [2.24, 2.45) is 0 Å². The average Bonchev–Trinajstić information content (AvgIpc) is 2.48. The maximum absolute atomic E-state index is 5.46. The first-order valence-corrected chi connectivity index (χ1v) is 8.39. The summed E-state index contributed by atoms with van der Waals surface area (Å²) in [7, 11) is 0. The van der Waals surface area contributed by atoms with E-state index in [0.717, 1.165) is 5.75 Å². The molecule has 19 heavy (non-hydrogen) atoms. The van der Waals surface area contributed by atoms with E-state index in [-0.39, 0.29) is 4.83 Å². The molecule has 2 aromatic carbocycles. The van der Waals surface area contributed by atoms with Gasteiger partial charge < -0.3 is 4.74 Å². The fourth-order valence-electron chi connectivity index (χ4n) is 1.87. The number of hydrogen-bond acceptors (Lipinski definition) is 2. The Kier molecular flexibility index (Phi) is 5.34. The van der Waals surface area contributed by atoms with Crippen LogP contribution in [0.25, 0.3) is 0 Å². The van der Waals surface area contributed by atoms with E-state index < -0.39 is 0 Å². The molecular weight excluding hydrogens is 320 g/mol. The molecule has 2 rings (SSSR count). The molecule has 0 heterocycles. The third-order valence-corrected chi connectivity index (χ3v) is 4.69. The first-order valence-electron chi connectivity index (χ1n) is 6.25. The van der Waals surface area contributed by atoms with Gasteiger partial charge in [-0.1, -0.05) is 40.2 Å². The Morgan fingerprint density at radius 1 is 1.00 bits per heavy atom. The van der Waals surface area contributed by atoms with Crippen molar-refractivity contribution in [3.63, 3.8) is 0 Å². The first-order chi connectivity index (χ1) is 9.24. The van der Waals surface area contributed by atoms with Crippen molar-refractivity contribution in [3.8, 4) is 5.75 Å². The number of rotatable bonds is 5. The Morgan fingerprint density at radius 2 is 1.53 bits per heavy atom. The van der Waals surface area contributed by atoms with Crippen LogP contribution < -0.4 is 4.74 Å². The molecule has 0 spiro atoms. The molecule has 1 unspecified atom stereocenters. The molecule has 1 nitrogen and oxygen atoms in total. The predicted octanol–water partition coefficient (Wildman–Crippen LogP) is 5.29. The van der Waals surface area contributed by atoms with E-state index in [1.807, 2.05) is 19.1 Å². The lowest BCUT2D eigenvalue weighted by Crippen LogP contribution is -1.94. The first kappa shape index (κ1) is 14.5. The summed E-state index contributed by atoms with van der Waals surface area (Å²) in [5.74, 6) is 0.920. The standard InChI is InChI=1S/C16H17BrOS/c1-3-18-14-8-4-12(5-9-14)16(17)13-6-10-15(19-2)11-7-13/h4-11,16H,3H2,1-2H3. The fraction of sp³-hybridized carbons (Fsp3) is 0.250. The molecular formula is C16H17BrOS. The molecule has 1 atom stereocenters. The van der Waals surface area contributed by atoms with Crippen molar-refractivity contribution < 1.29 is 4.74 Å². The van der Waals surface area contributed by atoms with E-state index in [9.17, 15) is 0 Å². The van der Waals surface area contributed by atoms with Crippen LogP contribution in [0.15, 0.2) is 53.4 Å². The highest BCUT2D eigenvalue weighted by Gasteiger charge is 2.10. The van der Waals surface area contributed by atoms with E-state index in [2.05, 4.69) is 58.6 Å². The molecule has 0 bridgehead atoms. The van der Waals surface area contributed by atoms with Crippen LogP contribution in [-0.4, -0.2) is 12.9 Å². The van der Waals surface area contributed by atoms with Crippen molar-refractivity contribution >= 4 is 27.7 Å². The molecule has 0 N–H and O–H groups in total. The largest absolute Gasteiger partial charge is 0.494 e. The molecule has 0 aromatic heterocycles. The molecule has 0 saturated heterocycles. The number of halogens is 1. The second-order valence-electron chi connectivity index (χ2n) is 4.14. The van der Waals surface area contributed by atoms with E-state index in [4.69, 9.17) is 4.74 Å². The van der Waals surface area contributed by atoms with Gasteiger partial charge in [0.05, 0.1) is 11.4 Å². The van der Waals surface area contributed by atoms with Crippen molar-refractivity contribution in [1.29, 1.82) is 0 Å². The summed E-state index contributed by atoms with van der Waals surface area (Å²) in [6.45, 7) is 2.70. The van der Waals surface area contributed by atoms with Gasteiger partial charge in [0.15, 0.2) is 0 Å². The predicted molar refractivity (Wildman–Crippen MR) is 86.6 cm³/mol. The quantitative estimate of drug-likeness (QED) is 0.541. The Hall–Kier alpha value is -0.930. The van der Waals surface area contributed by atoms with E-state index >= 15 is 0 Å². The van der Waals surface area contributed by atoms with Crippen LogP contribution in [0.2, 0.25) is 0 Å². The van der Waals surface area contributed by atoms with Crippen LogP contribution in [0.1, 0.15) is 22.9 Å². The van der Waals surface area contributed by atoms with Crippen molar-refractivity contribution in [2.75, 3.05) is 12.9 Å². The average molecular weight is 337 g/mol. The monoisotopic (exact) mass is 336 g/mol. The molecule has 0 aliphatic rings. The van der Waals surface area contributed by atoms with Crippen molar-refractivity contribution in [1.82, 2.24) is 0 Å². The fourth-order valence-corrected chi connectivity index (χ4v) is 2.88. The summed E-state index contributed by atoms with van der Waals surface area (Å²) < 4.78 is 5.46. The summed E-state index contributed by atoms with van der Waals surface area (Å²) in [4.78, 5) is 1.51. The molecule has 0 amide bonds. The molecule has 0 aliphatic carbocycles. The SMILES string of the molecule is CCOc1ccc(C(Br)c2ccc(SC)cc2)cc1. The Balaban J connectivity index is 2.15. The summed E-state index contributed by atoms with van der Waals surface area (Å²) in [6, 6.07) is 16.9. The van der Waals surface area contributed by atoms with Crippen LogP contribution in [-0.2, 0) is 0 Å². The Bertz CT molecular complexity index is 507. The normalized spacial score (nSPS) is 12.2. The number of alkyl halides is 1. The maximum Gasteiger partial charge on any atom is 0.119 e. The van der Waals surface area contributed by atoms with Crippen molar-refractivity contribution in [3.05, 3.63) is 59.7 Å². The van der Waals surface area contributed by atoms with Crippen LogP contribution in [0, 0.1) is 0 Å². The van der Waals surface area contributed by atoms with Crippen molar-refractivity contribution in [2.45, 2.75) is 16.6 Å². The lowest BCUT2D eigenvalue weighted by molar-refractivity contribution is 0.340. The molecule has 0 aliphatic heterocycles. The van der Waals surface area contributed by atoms with Gasteiger partial charge in [0, 0.05) is 4.90 Å². The summed E-state index contributed by atoms with van der Waals surface area (Å²) in [5.41, 5.74) is 2.50. The van der Waals surface area contributed by atoms with Crippen LogP contribution in [0.4, 0.5) is 0 Å². The Labute approximate surface area is 127 Å². The molecule has 0 fully saturated rings. The van der Waals surface area contributed by atoms with Gasteiger partial charge in [0.2, 0.25) is 0 Å². The number of thioether (sulfide) groups is 1. The zero-order valence-electron chi connectivity index (χ0n) is 11.1. The van der Waals surface area contributed by atoms with Crippen LogP contribution >= 0.6 is 27.7 Å². The maximum atomic E-state index is 5.46. The highest BCUT2D eigenvalue weighted by atomic mass is 79.9. The summed E-state index contributed by atoms with van der Waals surface area (Å²) in [5, 5.41) is 0. The number of hydrogen-bond donors (Lipinski definition) is 0. The zero-order chi connectivity index (χ0) is 13.7. The van der Waals surface area contributed by atoms with Crippen LogP contribution in [0.5, 0.6) is 5.75 Å². The Morgan fingerprint density at radius 3 is 2.00 bits per heavy atom. The van der Waals surface area contributed by atoms with E-state index in [0.29, 0.717) is 6.61 Å². The van der Waals surface area contributed by atoms with Gasteiger partial charge in [-0.3, -0.25) is 0 Å².